The molecule has 0 N–H and O–H groups in total. The van der Waals surface area contributed by atoms with Crippen LogP contribution >= 0.6 is 0 Å². The molecule has 0 radical (unpaired) electrons. The summed E-state index contributed by atoms with van der Waals surface area (Å²) in [4.78, 5) is 33.9. The summed E-state index contributed by atoms with van der Waals surface area (Å²) in [7, 11) is 0. The van der Waals surface area contributed by atoms with Gasteiger partial charge in [0.25, 0.3) is 0 Å². The highest BCUT2D eigenvalue weighted by atomic mass is 19.4. The van der Waals surface area contributed by atoms with Crippen molar-refractivity contribution in [3.05, 3.63) is 12.2 Å². The molecule has 0 atom stereocenters. The third kappa shape index (κ3) is 6.86. The smallest absolute Gasteiger partial charge is 0.457 e. The maximum atomic E-state index is 13.5. The summed E-state index contributed by atoms with van der Waals surface area (Å²) in [5.74, 6) is -54.3. The molecule has 0 amide bonds. The number of ether oxygens (including phenoxy) is 3. The van der Waals surface area contributed by atoms with Crippen molar-refractivity contribution in [1.29, 1.82) is 0 Å². The number of halogens is 18. The van der Waals surface area contributed by atoms with Crippen molar-refractivity contribution in [3.63, 3.8) is 0 Å². The first kappa shape index (κ1) is 37.9. The van der Waals surface area contributed by atoms with Crippen molar-refractivity contribution >= 4 is 17.9 Å². The third-order valence-electron chi connectivity index (χ3n) is 4.22. The van der Waals surface area contributed by atoms with Crippen LogP contribution in [0.5, 0.6) is 0 Å². The number of alkyl halides is 18. The summed E-state index contributed by atoms with van der Waals surface area (Å²) in [5.41, 5.74) is -0.781. The Kier molecular flexibility index (Phi) is 10.4. The second-order valence-corrected chi connectivity index (χ2v) is 7.45. The number of rotatable bonds is 12. The number of carbonyl (C=O) groups is 3. The first-order valence-electron chi connectivity index (χ1n) is 9.36. The molecular weight excluding hydrogens is 642 g/mol. The van der Waals surface area contributed by atoms with Crippen molar-refractivity contribution in [1.82, 2.24) is 0 Å². The van der Waals surface area contributed by atoms with E-state index in [4.69, 9.17) is 0 Å². The summed E-state index contributed by atoms with van der Waals surface area (Å²) in [5, 5.41) is 0. The van der Waals surface area contributed by atoms with E-state index in [9.17, 15) is 93.4 Å². The Morgan fingerprint density at radius 3 is 1.05 bits per heavy atom. The van der Waals surface area contributed by atoms with E-state index in [1.54, 1.807) is 0 Å². The first-order chi connectivity index (χ1) is 17.7. The number of hydrogen-bond acceptors (Lipinski definition) is 6. The van der Waals surface area contributed by atoms with Crippen LogP contribution in [-0.2, 0) is 28.6 Å². The third-order valence-corrected chi connectivity index (χ3v) is 4.22. The Labute approximate surface area is 213 Å². The van der Waals surface area contributed by atoms with Gasteiger partial charge in [0.05, 0.1) is 0 Å². The van der Waals surface area contributed by atoms with E-state index in [0.29, 0.717) is 0 Å². The minimum atomic E-state index is -7.61. The zero-order chi connectivity index (χ0) is 33.4. The average Bonchev–Trinajstić information content (AvgIpc) is 2.77. The van der Waals surface area contributed by atoms with Crippen molar-refractivity contribution < 1.29 is 108 Å². The summed E-state index contributed by atoms with van der Waals surface area (Å²) in [6.45, 7) is -1.12. The number of esters is 3. The van der Waals surface area contributed by atoms with Crippen LogP contribution in [0.15, 0.2) is 12.2 Å². The maximum Gasteiger partial charge on any atom is 0.460 e. The lowest BCUT2D eigenvalue weighted by atomic mass is 10.0. The van der Waals surface area contributed by atoms with Crippen LogP contribution in [0.2, 0.25) is 0 Å². The molecule has 41 heavy (non-hydrogen) atoms. The van der Waals surface area contributed by atoms with Crippen LogP contribution in [0.1, 0.15) is 6.92 Å². The van der Waals surface area contributed by atoms with Crippen LogP contribution in [-0.4, -0.2) is 85.1 Å². The minimum Gasteiger partial charge on any atom is -0.457 e. The van der Waals surface area contributed by atoms with Crippen LogP contribution in [0.25, 0.3) is 0 Å². The molecule has 0 spiro atoms. The van der Waals surface area contributed by atoms with Gasteiger partial charge >= 0.3 is 65.8 Å². The Morgan fingerprint density at radius 2 is 0.829 bits per heavy atom. The van der Waals surface area contributed by atoms with Crippen LogP contribution in [0.4, 0.5) is 79.0 Å². The second kappa shape index (κ2) is 11.3. The largest absolute Gasteiger partial charge is 0.460 e. The van der Waals surface area contributed by atoms with Gasteiger partial charge in [0.2, 0.25) is 0 Å². The average molecular weight is 652 g/mol. The number of hydrogen-bond donors (Lipinski definition) is 0. The van der Waals surface area contributed by atoms with E-state index in [1.807, 2.05) is 0 Å². The Hall–Kier alpha value is -3.11. The molecule has 0 saturated heterocycles. The molecule has 240 valence electrons. The van der Waals surface area contributed by atoms with Crippen molar-refractivity contribution in [2.45, 2.75) is 60.9 Å². The molecule has 0 saturated carbocycles. The van der Waals surface area contributed by atoms with Gasteiger partial charge in [-0.2, -0.15) is 79.0 Å². The molecule has 0 fully saturated rings. The Bertz CT molecular complexity index is 946. The SMILES string of the molecule is C=C(C)C(=O)OC(COC(=O)C(F)(F)C(F)(F)C(F)(F)C(F)(F)F)COC(=O)C(F)(F)C(F)(F)C(F)(F)C(F)(F)F. The summed E-state index contributed by atoms with van der Waals surface area (Å²) in [6.07, 6.45) is -17.7. The summed E-state index contributed by atoms with van der Waals surface area (Å²) in [6, 6.07) is 0. The van der Waals surface area contributed by atoms with Gasteiger partial charge in [0.15, 0.2) is 6.10 Å². The zero-order valence-electron chi connectivity index (χ0n) is 19.0. The van der Waals surface area contributed by atoms with Crippen molar-refractivity contribution in [3.8, 4) is 0 Å². The quantitative estimate of drug-likeness (QED) is 0.120. The van der Waals surface area contributed by atoms with Crippen LogP contribution in [0, 0.1) is 0 Å². The van der Waals surface area contributed by atoms with Gasteiger partial charge in [-0.3, -0.25) is 0 Å². The minimum absolute atomic E-state index is 0.721. The predicted molar refractivity (Wildman–Crippen MR) is 88.4 cm³/mol. The first-order valence-corrected chi connectivity index (χ1v) is 9.36. The highest BCUT2D eigenvalue weighted by molar-refractivity contribution is 5.87. The second-order valence-electron chi connectivity index (χ2n) is 7.45. The van der Waals surface area contributed by atoms with Gasteiger partial charge in [-0.25, -0.2) is 14.4 Å². The van der Waals surface area contributed by atoms with E-state index in [1.165, 1.54) is 0 Å². The van der Waals surface area contributed by atoms with E-state index < -0.39 is 90.7 Å². The van der Waals surface area contributed by atoms with Gasteiger partial charge < -0.3 is 14.2 Å². The molecule has 0 rings (SSSR count). The van der Waals surface area contributed by atoms with Crippen molar-refractivity contribution in [2.75, 3.05) is 13.2 Å². The van der Waals surface area contributed by atoms with Crippen molar-refractivity contribution in [2.24, 2.45) is 0 Å². The molecule has 0 aromatic rings. The van der Waals surface area contributed by atoms with Crippen LogP contribution < -0.4 is 0 Å². The topological polar surface area (TPSA) is 78.9 Å². The summed E-state index contributed by atoms with van der Waals surface area (Å²) >= 11 is 0. The molecular formula is C17H10F18O6. The Morgan fingerprint density at radius 1 is 0.561 bits per heavy atom. The van der Waals surface area contributed by atoms with Gasteiger partial charge in [-0.1, -0.05) is 6.58 Å². The fourth-order valence-corrected chi connectivity index (χ4v) is 1.89. The molecule has 0 aromatic heterocycles. The molecule has 0 bridgehead atoms. The van der Waals surface area contributed by atoms with Crippen LogP contribution in [0.3, 0.4) is 0 Å². The molecule has 0 aliphatic carbocycles. The molecule has 0 unspecified atom stereocenters. The summed E-state index contributed by atoms with van der Waals surface area (Å²) < 4.78 is 242. The maximum absolute atomic E-state index is 13.5. The molecule has 0 aliphatic heterocycles. The monoisotopic (exact) mass is 652 g/mol. The fraction of sp³-hybridized carbons (Fsp3) is 0.706. The van der Waals surface area contributed by atoms with Gasteiger partial charge in [-0.15, -0.1) is 0 Å². The van der Waals surface area contributed by atoms with E-state index in [2.05, 4.69) is 20.8 Å². The molecule has 0 aliphatic rings. The normalized spacial score (nSPS) is 14.5. The molecule has 0 heterocycles. The van der Waals surface area contributed by atoms with E-state index in [-0.39, 0.29) is 0 Å². The fourth-order valence-electron chi connectivity index (χ4n) is 1.89. The van der Waals surface area contributed by atoms with E-state index in [0.717, 1.165) is 6.92 Å². The lowest BCUT2D eigenvalue weighted by Crippen LogP contribution is -2.64. The predicted octanol–water partition coefficient (Wildman–Crippen LogP) is 5.50. The van der Waals surface area contributed by atoms with Gasteiger partial charge in [0, 0.05) is 5.57 Å². The molecule has 0 aromatic carbocycles. The van der Waals surface area contributed by atoms with Gasteiger partial charge in [0.1, 0.15) is 13.2 Å². The lowest BCUT2D eigenvalue weighted by Gasteiger charge is -2.32. The highest BCUT2D eigenvalue weighted by Gasteiger charge is 2.85. The lowest BCUT2D eigenvalue weighted by molar-refractivity contribution is -0.391. The zero-order valence-corrected chi connectivity index (χ0v) is 19.0. The van der Waals surface area contributed by atoms with Gasteiger partial charge in [-0.05, 0) is 6.92 Å². The Balaban J connectivity index is 6.01. The number of carbonyl (C=O) groups excluding carboxylic acids is 3. The van der Waals surface area contributed by atoms with E-state index >= 15 is 0 Å². The highest BCUT2D eigenvalue weighted by Crippen LogP contribution is 2.54. The molecule has 6 nitrogen and oxygen atoms in total. The molecule has 24 heteroatoms. The standard InChI is InChI=1S/C17H10F18O6/c1-5(2)7(36)41-6(3-39-8(37)10(18,19)12(22,23)14(26,27)16(30,31)32)4-40-9(38)11(20,21)13(24,25)15(28,29)17(33,34)35/h6H,1,3-4H2,2H3.